The first-order chi connectivity index (χ1) is 20.0. The van der Waals surface area contributed by atoms with E-state index >= 15 is 0 Å². The molecule has 224 valence electrons. The van der Waals surface area contributed by atoms with E-state index in [2.05, 4.69) is 5.32 Å². The molecule has 1 saturated carbocycles. The Morgan fingerprint density at radius 3 is 2.17 bits per heavy atom. The minimum atomic E-state index is -4.21. The second kappa shape index (κ2) is 14.1. The Labute approximate surface area is 262 Å². The van der Waals surface area contributed by atoms with Crippen molar-refractivity contribution in [3.05, 3.63) is 92.9 Å². The number of nitrogens with zero attached hydrogens (tertiary/aromatic N) is 2. The van der Waals surface area contributed by atoms with Gasteiger partial charge in [-0.2, -0.15) is 0 Å². The summed E-state index contributed by atoms with van der Waals surface area (Å²) in [5.41, 5.74) is 1.81. The average molecular weight is 651 g/mol. The van der Waals surface area contributed by atoms with Crippen LogP contribution in [0.1, 0.15) is 50.2 Å². The Morgan fingerprint density at radius 2 is 1.57 bits per heavy atom. The SMILES string of the molecule is CC[C@@H](C(=O)NC1CCCC1)N(Cc1ccc(Cl)cc1)C(=O)CN(c1ccc(Cl)c(Cl)c1)S(=O)(=O)c1ccc(C)cc1. The molecule has 0 heterocycles. The van der Waals surface area contributed by atoms with Crippen LogP contribution in [0.2, 0.25) is 15.1 Å². The molecule has 1 aliphatic carbocycles. The fourth-order valence-electron chi connectivity index (χ4n) is 5.08. The predicted octanol–water partition coefficient (Wildman–Crippen LogP) is 7.02. The summed E-state index contributed by atoms with van der Waals surface area (Å²) in [5, 5.41) is 4.03. The molecule has 4 rings (SSSR count). The summed E-state index contributed by atoms with van der Waals surface area (Å²) in [4.78, 5) is 29.2. The standard InChI is InChI=1S/C31H34Cl3N3O4S/c1-3-29(31(39)35-24-6-4-5-7-24)36(19-22-10-12-23(32)13-11-22)30(38)20-37(25-14-17-27(33)28(34)18-25)42(40,41)26-15-8-21(2)9-16-26/h8-18,24,29H,3-7,19-20H2,1-2H3,(H,35,39)/t29-/m0/s1. The van der Waals surface area contributed by atoms with Gasteiger partial charge in [-0.3, -0.25) is 13.9 Å². The molecule has 0 spiro atoms. The molecule has 1 N–H and O–H groups in total. The second-order valence-corrected chi connectivity index (χ2v) is 13.6. The minimum absolute atomic E-state index is 0.0160. The molecule has 7 nitrogen and oxygen atoms in total. The van der Waals surface area contributed by atoms with Gasteiger partial charge >= 0.3 is 0 Å². The number of aryl methyl sites for hydroxylation is 1. The number of nitrogens with one attached hydrogen (secondary N) is 1. The van der Waals surface area contributed by atoms with E-state index in [1.807, 2.05) is 13.8 Å². The highest BCUT2D eigenvalue weighted by Gasteiger charge is 2.34. The van der Waals surface area contributed by atoms with Crippen LogP contribution in [0.25, 0.3) is 0 Å². The van der Waals surface area contributed by atoms with Gasteiger partial charge in [-0.1, -0.05) is 84.4 Å². The summed E-state index contributed by atoms with van der Waals surface area (Å²) >= 11 is 18.5. The number of amides is 2. The van der Waals surface area contributed by atoms with Crippen molar-refractivity contribution in [3.8, 4) is 0 Å². The maximum atomic E-state index is 14.2. The molecule has 42 heavy (non-hydrogen) atoms. The highest BCUT2D eigenvalue weighted by Crippen LogP contribution is 2.31. The van der Waals surface area contributed by atoms with E-state index in [1.54, 1.807) is 36.4 Å². The van der Waals surface area contributed by atoms with Crippen molar-refractivity contribution in [2.45, 2.75) is 69.5 Å². The lowest BCUT2D eigenvalue weighted by Gasteiger charge is -2.34. The summed E-state index contributed by atoms with van der Waals surface area (Å²) in [7, 11) is -4.21. The Hall–Kier alpha value is -2.78. The van der Waals surface area contributed by atoms with Crippen LogP contribution in [0.15, 0.2) is 71.6 Å². The monoisotopic (exact) mass is 649 g/mol. The summed E-state index contributed by atoms with van der Waals surface area (Å²) in [6.45, 7) is 3.22. The van der Waals surface area contributed by atoms with E-state index in [9.17, 15) is 18.0 Å². The first kappa shape index (κ1) is 32.1. The molecule has 3 aromatic rings. The maximum Gasteiger partial charge on any atom is 0.264 e. The summed E-state index contributed by atoms with van der Waals surface area (Å²) in [6.07, 6.45) is 4.23. The number of hydrogen-bond donors (Lipinski definition) is 1. The molecule has 3 aromatic carbocycles. The molecule has 11 heteroatoms. The third-order valence-electron chi connectivity index (χ3n) is 7.43. The molecule has 0 unspecified atom stereocenters. The van der Waals surface area contributed by atoms with Gasteiger partial charge in [-0.05, 0) is 74.2 Å². The topological polar surface area (TPSA) is 86.8 Å². The molecular formula is C31H34Cl3N3O4S. The number of anilines is 1. The third kappa shape index (κ3) is 7.78. The zero-order valence-corrected chi connectivity index (χ0v) is 26.6. The van der Waals surface area contributed by atoms with Crippen molar-refractivity contribution < 1.29 is 18.0 Å². The maximum absolute atomic E-state index is 14.2. The molecule has 0 aromatic heterocycles. The number of halogens is 3. The van der Waals surface area contributed by atoms with Crippen LogP contribution >= 0.6 is 34.8 Å². The molecule has 0 bridgehead atoms. The highest BCUT2D eigenvalue weighted by atomic mass is 35.5. The molecule has 0 radical (unpaired) electrons. The number of benzene rings is 3. The van der Waals surface area contributed by atoms with Gasteiger partial charge in [-0.25, -0.2) is 8.42 Å². The van der Waals surface area contributed by atoms with E-state index in [4.69, 9.17) is 34.8 Å². The Balaban J connectivity index is 1.73. The number of rotatable bonds is 11. The van der Waals surface area contributed by atoms with Gasteiger partial charge in [0.1, 0.15) is 12.6 Å². The normalized spacial score (nSPS) is 14.4. The van der Waals surface area contributed by atoms with Crippen LogP contribution in [-0.4, -0.2) is 43.8 Å². The molecule has 0 saturated heterocycles. The van der Waals surface area contributed by atoms with Crippen molar-refractivity contribution in [1.82, 2.24) is 10.2 Å². The molecular weight excluding hydrogens is 617 g/mol. The van der Waals surface area contributed by atoms with Crippen molar-refractivity contribution in [1.29, 1.82) is 0 Å². The van der Waals surface area contributed by atoms with E-state index < -0.39 is 28.5 Å². The molecule has 1 fully saturated rings. The molecule has 2 amide bonds. The van der Waals surface area contributed by atoms with Gasteiger partial charge in [0.2, 0.25) is 11.8 Å². The van der Waals surface area contributed by atoms with Gasteiger partial charge in [0.05, 0.1) is 20.6 Å². The Morgan fingerprint density at radius 1 is 0.929 bits per heavy atom. The van der Waals surface area contributed by atoms with Crippen molar-refractivity contribution in [2.24, 2.45) is 0 Å². The number of hydrogen-bond acceptors (Lipinski definition) is 4. The second-order valence-electron chi connectivity index (χ2n) is 10.5. The van der Waals surface area contributed by atoms with Crippen LogP contribution in [0, 0.1) is 6.92 Å². The van der Waals surface area contributed by atoms with E-state index in [-0.39, 0.29) is 39.1 Å². The summed E-state index contributed by atoms with van der Waals surface area (Å²) < 4.78 is 29.0. The van der Waals surface area contributed by atoms with Crippen LogP contribution in [0.4, 0.5) is 5.69 Å². The Kier molecular flexibility index (Phi) is 10.8. The van der Waals surface area contributed by atoms with Crippen LogP contribution < -0.4 is 9.62 Å². The number of sulfonamides is 1. The molecule has 1 atom stereocenters. The fraction of sp³-hybridized carbons (Fsp3) is 0.355. The van der Waals surface area contributed by atoms with Gasteiger partial charge < -0.3 is 10.2 Å². The summed E-state index contributed by atoms with van der Waals surface area (Å²) in [6, 6.07) is 17.0. The van der Waals surface area contributed by atoms with Gasteiger partial charge in [0.25, 0.3) is 10.0 Å². The summed E-state index contributed by atoms with van der Waals surface area (Å²) in [5.74, 6) is -0.797. The van der Waals surface area contributed by atoms with Crippen molar-refractivity contribution >= 4 is 62.3 Å². The van der Waals surface area contributed by atoms with Gasteiger partial charge in [0, 0.05) is 17.6 Å². The molecule has 0 aliphatic heterocycles. The lowest BCUT2D eigenvalue weighted by atomic mass is 10.1. The number of carbonyl (C=O) groups excluding carboxylic acids is 2. The first-order valence-electron chi connectivity index (χ1n) is 13.9. The van der Waals surface area contributed by atoms with Crippen molar-refractivity contribution in [2.75, 3.05) is 10.8 Å². The predicted molar refractivity (Wildman–Crippen MR) is 169 cm³/mol. The first-order valence-corrected chi connectivity index (χ1v) is 16.5. The average Bonchev–Trinajstić information content (AvgIpc) is 3.47. The van der Waals surface area contributed by atoms with Gasteiger partial charge in [-0.15, -0.1) is 0 Å². The lowest BCUT2D eigenvalue weighted by molar-refractivity contribution is -0.140. The zero-order valence-electron chi connectivity index (χ0n) is 23.5. The highest BCUT2D eigenvalue weighted by molar-refractivity contribution is 7.92. The Bertz CT molecular complexity index is 1510. The smallest absolute Gasteiger partial charge is 0.264 e. The third-order valence-corrected chi connectivity index (χ3v) is 10.2. The van der Waals surface area contributed by atoms with E-state index in [1.165, 1.54) is 35.2 Å². The quantitative estimate of drug-likeness (QED) is 0.242. The van der Waals surface area contributed by atoms with E-state index in [0.29, 0.717) is 11.4 Å². The van der Waals surface area contributed by atoms with Crippen LogP contribution in [0.3, 0.4) is 0 Å². The number of carbonyl (C=O) groups is 2. The van der Waals surface area contributed by atoms with E-state index in [0.717, 1.165) is 41.1 Å². The van der Waals surface area contributed by atoms with Crippen LogP contribution in [0.5, 0.6) is 0 Å². The minimum Gasteiger partial charge on any atom is -0.352 e. The van der Waals surface area contributed by atoms with Crippen molar-refractivity contribution in [3.63, 3.8) is 0 Å². The largest absolute Gasteiger partial charge is 0.352 e. The lowest BCUT2D eigenvalue weighted by Crippen LogP contribution is -2.53. The zero-order chi connectivity index (χ0) is 30.4. The van der Waals surface area contributed by atoms with Crippen LogP contribution in [-0.2, 0) is 26.2 Å². The molecule has 1 aliphatic rings. The van der Waals surface area contributed by atoms with Gasteiger partial charge in [0.15, 0.2) is 0 Å². The fourth-order valence-corrected chi connectivity index (χ4v) is 6.90.